The van der Waals surface area contributed by atoms with Crippen LogP contribution in [0.3, 0.4) is 0 Å². The number of carbonyl (C=O) groups is 3. The normalized spacial score (nSPS) is 20.1. The summed E-state index contributed by atoms with van der Waals surface area (Å²) in [5, 5.41) is 9.94. The van der Waals surface area contributed by atoms with Crippen molar-refractivity contribution in [2.45, 2.75) is 288 Å². The fourth-order valence-corrected chi connectivity index (χ4v) is 16.7. The van der Waals surface area contributed by atoms with Crippen molar-refractivity contribution in [2.24, 2.45) is 22.2 Å². The first-order valence-corrected chi connectivity index (χ1v) is 35.4. The Morgan fingerprint density at radius 1 is 0.557 bits per heavy atom. The number of carboxylic acid groups (broad SMARTS) is 1. The van der Waals surface area contributed by atoms with Crippen LogP contribution in [-0.4, -0.2) is 59.2 Å². The van der Waals surface area contributed by atoms with Crippen LogP contribution in [0.1, 0.15) is 303 Å². The fraction of sp³-hybridized carbons (Fsp3) is 0.704. The van der Waals surface area contributed by atoms with Gasteiger partial charge >= 0.3 is 75.5 Å². The zero-order valence-electron chi connectivity index (χ0n) is 58.2. The van der Waals surface area contributed by atoms with Crippen LogP contribution in [0.15, 0.2) is 18.2 Å². The van der Waals surface area contributed by atoms with Crippen LogP contribution >= 0.6 is 56.6 Å². The molecule has 0 amide bonds. The molecule has 3 atom stereocenters. The molecule has 3 fully saturated rings. The summed E-state index contributed by atoms with van der Waals surface area (Å²) in [6, 6.07) is 0. The average Bonchev–Trinajstić information content (AvgIpc) is 2.02. The monoisotopic (exact) mass is 1420 g/mol. The van der Waals surface area contributed by atoms with E-state index in [2.05, 4.69) is 103 Å². The van der Waals surface area contributed by atoms with Gasteiger partial charge in [-0.3, -0.25) is 0 Å². The molecule has 0 bridgehead atoms. The Kier molecular flexibility index (Phi) is 27.4. The third kappa shape index (κ3) is 22.5. The van der Waals surface area contributed by atoms with Crippen molar-refractivity contribution >= 4 is 91.2 Å². The van der Waals surface area contributed by atoms with Gasteiger partial charge in [0.05, 0.1) is 38.8 Å². The minimum atomic E-state index is -3.89. The van der Waals surface area contributed by atoms with Gasteiger partial charge in [0.2, 0.25) is 0 Å². The van der Waals surface area contributed by atoms with Gasteiger partial charge in [-0.1, -0.05) is 59.8 Å². The molecule has 3 saturated carbocycles. The molecule has 88 heavy (non-hydrogen) atoms. The van der Waals surface area contributed by atoms with E-state index in [1.54, 1.807) is 22.7 Å². The molecular weight excluding hydrogens is 1320 g/mol. The van der Waals surface area contributed by atoms with Gasteiger partial charge in [-0.25, -0.2) is 14.4 Å². The molecule has 6 aliphatic carbocycles. The second-order valence-corrected chi connectivity index (χ2v) is 35.7. The smallest absolute Gasteiger partial charge is 1.00 e. The van der Waals surface area contributed by atoms with E-state index in [-0.39, 0.29) is 64.7 Å². The van der Waals surface area contributed by atoms with Crippen LogP contribution in [0.5, 0.6) is 0 Å². The van der Waals surface area contributed by atoms with Crippen molar-refractivity contribution < 1.29 is 109 Å². The van der Waals surface area contributed by atoms with E-state index >= 15 is 0 Å². The fourth-order valence-electron chi connectivity index (χ4n) is 11.4. The molecule has 17 heteroatoms. The standard InChI is InChI=1S/C24H36O3S.C22H32O3S.C21H31IO3S.C4H5F3.K.H/c1-8-26-22(25)20(27-23(3,4)5)18-15(2)28-21(17-9-10-17)19(18)16-11-13-24(6,7)14-12-16;1-13-16(18(20(23)24)25-21(2,3)4)17(19(26-13)15-7-8-15)14-9-11-22(5,6)12-10-14;1-8-24-19(23)17(25-20(3,4)5)15-13(2)26-18(22)16(15)14-9-11-21(6,7)12-10-14;5-4(6,7)3-1-2-3;;/h11,17,20H,8-10,12-14H2,1-7H3;9,15,18H,7-8,10-12H2,1-6H3,(H,23,24);9,17H,8,10-12H2,1-7H3;3H,1-2H2;;/q;;;;+1;-1. The van der Waals surface area contributed by atoms with Crippen LogP contribution in [0.25, 0.3) is 16.7 Å². The number of rotatable bonds is 16. The van der Waals surface area contributed by atoms with Crippen LogP contribution in [0.2, 0.25) is 0 Å². The molecule has 0 radical (unpaired) electrons. The van der Waals surface area contributed by atoms with Crippen molar-refractivity contribution in [2.75, 3.05) is 13.2 Å². The quantitative estimate of drug-likeness (QED) is 0.0850. The summed E-state index contributed by atoms with van der Waals surface area (Å²) in [5.74, 6) is -1.13. The Labute approximate surface area is 596 Å². The number of aliphatic carboxylic acids is 1. The predicted octanol–water partition coefficient (Wildman–Crippen LogP) is 19.2. The molecule has 9 rings (SSSR count). The minimum Gasteiger partial charge on any atom is -1.00 e. The van der Waals surface area contributed by atoms with E-state index in [0.29, 0.717) is 54.1 Å². The van der Waals surface area contributed by atoms with Crippen LogP contribution < -0.4 is 51.4 Å². The third-order valence-electron chi connectivity index (χ3n) is 16.6. The first kappa shape index (κ1) is 77.5. The summed E-state index contributed by atoms with van der Waals surface area (Å²) in [7, 11) is 0. The number of allylic oxidation sites excluding steroid dienone is 6. The molecular formula is C71H105F3IKO9S3. The van der Waals surface area contributed by atoms with Gasteiger partial charge in [-0.05, 0) is 272 Å². The summed E-state index contributed by atoms with van der Waals surface area (Å²) >= 11 is 7.80. The molecule has 6 aliphatic rings. The van der Waals surface area contributed by atoms with Crippen molar-refractivity contribution in [3.05, 3.63) is 78.9 Å². The van der Waals surface area contributed by atoms with Crippen molar-refractivity contribution in [3.63, 3.8) is 0 Å². The summed E-state index contributed by atoms with van der Waals surface area (Å²) < 4.78 is 64.3. The van der Waals surface area contributed by atoms with E-state index in [9.17, 15) is 32.7 Å². The maximum absolute atomic E-state index is 12.9. The first-order chi connectivity index (χ1) is 40.1. The Bertz CT molecular complexity index is 3000. The Balaban J connectivity index is 0.000000267. The van der Waals surface area contributed by atoms with Crippen molar-refractivity contribution in [1.82, 2.24) is 0 Å². The van der Waals surface area contributed by atoms with Gasteiger partial charge < -0.3 is 30.2 Å². The maximum atomic E-state index is 12.9. The first-order valence-electron chi connectivity index (χ1n) is 31.9. The van der Waals surface area contributed by atoms with Gasteiger partial charge in [-0.15, -0.1) is 34.0 Å². The molecule has 3 aromatic heterocycles. The molecule has 0 aliphatic heterocycles. The van der Waals surface area contributed by atoms with Crippen LogP contribution in [0.4, 0.5) is 13.2 Å². The van der Waals surface area contributed by atoms with E-state index in [4.69, 9.17) is 23.7 Å². The number of carbonyl (C=O) groups excluding carboxylic acids is 2. The van der Waals surface area contributed by atoms with Gasteiger partial charge in [0.1, 0.15) is 0 Å². The maximum Gasteiger partial charge on any atom is 1.00 e. The number of ether oxygens (including phenoxy) is 5. The summed E-state index contributed by atoms with van der Waals surface area (Å²) in [4.78, 5) is 44.1. The van der Waals surface area contributed by atoms with E-state index in [0.717, 1.165) is 77.8 Å². The van der Waals surface area contributed by atoms with Gasteiger partial charge in [-0.2, -0.15) is 13.2 Å². The molecule has 3 unspecified atom stereocenters. The molecule has 0 saturated heterocycles. The van der Waals surface area contributed by atoms with Crippen molar-refractivity contribution in [1.29, 1.82) is 0 Å². The Morgan fingerprint density at radius 2 is 0.864 bits per heavy atom. The Hall–Kier alpha value is -1.23. The molecule has 0 aromatic carbocycles. The zero-order chi connectivity index (χ0) is 65.2. The SMILES string of the molecule is CCOC(=O)C(OC(C)(C)C)c1c(C)sc(C2CC2)c1C1=CCC(C)(C)CC1.CCOC(=O)C(OC(C)(C)C)c1c(C)sc(I)c1C1=CCC(C)(C)CC1.Cc1sc(C2CC2)c(C2=CCC(C)(C)CC2)c1C(OC(C)(C)C)C(=O)O.FC(F)(F)C1CC1.[H-].[K+]. The molecule has 3 aromatic rings. The van der Waals surface area contributed by atoms with E-state index in [1.165, 1.54) is 83.0 Å². The van der Waals surface area contributed by atoms with Crippen LogP contribution in [-0.2, 0) is 38.1 Å². The van der Waals surface area contributed by atoms with E-state index in [1.807, 2.05) is 87.5 Å². The summed E-state index contributed by atoms with van der Waals surface area (Å²) in [5.41, 5.74) is 10.5. The molecule has 1 N–H and O–H groups in total. The number of halogens is 4. The largest absolute Gasteiger partial charge is 1.00 e. The minimum absolute atomic E-state index is 0. The molecule has 9 nitrogen and oxygen atoms in total. The molecule has 490 valence electrons. The number of hydrogen-bond donors (Lipinski definition) is 1. The Morgan fingerprint density at radius 3 is 1.12 bits per heavy atom. The summed E-state index contributed by atoms with van der Waals surface area (Å²) in [6.07, 6.45) is 16.5. The van der Waals surface area contributed by atoms with Crippen LogP contribution in [0, 0.1) is 45.8 Å². The second-order valence-electron chi connectivity index (χ2n) is 30.2. The van der Waals surface area contributed by atoms with Gasteiger partial charge in [0.15, 0.2) is 18.3 Å². The molecule has 3 heterocycles. The van der Waals surface area contributed by atoms with Gasteiger partial charge in [0.25, 0.3) is 0 Å². The van der Waals surface area contributed by atoms with Gasteiger partial charge in [0, 0.05) is 46.6 Å². The predicted molar refractivity (Wildman–Crippen MR) is 362 cm³/mol. The number of thiophene rings is 3. The second kappa shape index (κ2) is 31.1. The molecule has 0 spiro atoms. The zero-order valence-corrected chi connectivity index (χ0v) is 64.9. The van der Waals surface area contributed by atoms with E-state index < -0.39 is 53.2 Å². The number of carboxylic acids is 1. The third-order valence-corrected chi connectivity index (χ3v) is 21.3. The summed E-state index contributed by atoms with van der Waals surface area (Å²) in [6.45, 7) is 42.4. The topological polar surface area (TPSA) is 118 Å². The van der Waals surface area contributed by atoms with Crippen molar-refractivity contribution in [3.8, 4) is 0 Å². The number of esters is 2. The number of aryl methyl sites for hydroxylation is 3. The average molecular weight is 1420 g/mol. The number of hydrogen-bond acceptors (Lipinski definition) is 11. The number of alkyl halides is 3.